The minimum Gasteiger partial charge on any atom is -0.357 e. The zero-order valence-electron chi connectivity index (χ0n) is 17.4. The van der Waals surface area contributed by atoms with Crippen molar-refractivity contribution in [1.29, 1.82) is 0 Å². The van der Waals surface area contributed by atoms with Crippen molar-refractivity contribution in [3.05, 3.63) is 59.8 Å². The third-order valence-corrected chi connectivity index (χ3v) is 6.27. The Balaban J connectivity index is 1.43. The fourth-order valence-electron chi connectivity index (χ4n) is 4.45. The molecule has 0 spiro atoms. The average molecular weight is 432 g/mol. The molecule has 2 saturated heterocycles. The molecule has 1 atom stereocenters. The molecule has 3 heterocycles. The number of hydrogen-bond acceptors (Lipinski definition) is 4. The number of carbonyl (C=O) groups excluding carboxylic acids is 1. The number of benzene rings is 1. The second-order valence-electron chi connectivity index (χ2n) is 8.43. The van der Waals surface area contributed by atoms with Crippen molar-refractivity contribution in [2.45, 2.75) is 38.5 Å². The van der Waals surface area contributed by atoms with Gasteiger partial charge in [-0.1, -0.05) is 30.3 Å². The van der Waals surface area contributed by atoms with Crippen LogP contribution in [0.4, 0.5) is 19.0 Å². The van der Waals surface area contributed by atoms with Crippen molar-refractivity contribution in [3.63, 3.8) is 0 Å². The summed E-state index contributed by atoms with van der Waals surface area (Å²) in [6, 6.07) is 12.9. The molecule has 0 aliphatic carbocycles. The van der Waals surface area contributed by atoms with E-state index in [4.69, 9.17) is 0 Å². The van der Waals surface area contributed by atoms with E-state index in [1.54, 1.807) is 17.2 Å². The molecule has 8 heteroatoms. The van der Waals surface area contributed by atoms with Gasteiger partial charge in [-0.15, -0.1) is 0 Å². The van der Waals surface area contributed by atoms with Crippen LogP contribution in [0.3, 0.4) is 0 Å². The Labute approximate surface area is 180 Å². The van der Waals surface area contributed by atoms with Gasteiger partial charge in [-0.3, -0.25) is 9.69 Å². The molecule has 2 aliphatic rings. The molecule has 0 saturated carbocycles. The Kier molecular flexibility index (Phi) is 6.18. The predicted molar refractivity (Wildman–Crippen MR) is 112 cm³/mol. The van der Waals surface area contributed by atoms with E-state index in [2.05, 4.69) is 15.2 Å². The van der Waals surface area contributed by atoms with Crippen LogP contribution in [-0.4, -0.2) is 48.1 Å². The van der Waals surface area contributed by atoms with Crippen LogP contribution in [0.2, 0.25) is 0 Å². The fraction of sp³-hybridized carbons (Fsp3) is 0.478. The second-order valence-corrected chi connectivity index (χ2v) is 8.43. The van der Waals surface area contributed by atoms with Gasteiger partial charge in [0.25, 0.3) is 0 Å². The maximum Gasteiger partial charge on any atom is 0.404 e. The van der Waals surface area contributed by atoms with E-state index in [0.717, 1.165) is 42.9 Å². The molecule has 2 aliphatic heterocycles. The standard InChI is InChI=1S/C23H27F3N4O/c24-23(25,26)22(9-13-29(17-22)16-18-6-2-1-3-7-18)21(31)28-15-19-8-10-27-20(14-19)30-11-4-5-12-30/h1-3,6-8,10,14H,4-5,9,11-13,15-17H2,(H,28,31). The third kappa shape index (κ3) is 4.69. The monoisotopic (exact) mass is 432 g/mol. The lowest BCUT2D eigenvalue weighted by Gasteiger charge is -2.30. The van der Waals surface area contributed by atoms with Crippen molar-refractivity contribution in [2.24, 2.45) is 5.41 Å². The number of aromatic nitrogens is 1. The number of anilines is 1. The summed E-state index contributed by atoms with van der Waals surface area (Å²) in [5.41, 5.74) is -0.694. The lowest BCUT2D eigenvalue weighted by molar-refractivity contribution is -0.218. The molecule has 5 nitrogen and oxygen atoms in total. The van der Waals surface area contributed by atoms with Crippen LogP contribution in [0.1, 0.15) is 30.4 Å². The van der Waals surface area contributed by atoms with Gasteiger partial charge >= 0.3 is 6.18 Å². The van der Waals surface area contributed by atoms with Gasteiger partial charge in [0, 0.05) is 38.9 Å². The van der Waals surface area contributed by atoms with Crippen molar-refractivity contribution < 1.29 is 18.0 Å². The molecular formula is C23H27F3N4O. The van der Waals surface area contributed by atoms with Gasteiger partial charge in [0.1, 0.15) is 5.82 Å². The Morgan fingerprint density at radius 1 is 1.06 bits per heavy atom. The van der Waals surface area contributed by atoms with Crippen LogP contribution >= 0.6 is 0 Å². The highest BCUT2D eigenvalue weighted by atomic mass is 19.4. The van der Waals surface area contributed by atoms with Gasteiger partial charge in [0.2, 0.25) is 5.91 Å². The zero-order chi connectivity index (χ0) is 21.9. The summed E-state index contributed by atoms with van der Waals surface area (Å²) in [5.74, 6) is -0.139. The Morgan fingerprint density at radius 2 is 1.81 bits per heavy atom. The van der Waals surface area contributed by atoms with Crippen molar-refractivity contribution in [3.8, 4) is 0 Å². The number of carbonyl (C=O) groups is 1. The summed E-state index contributed by atoms with van der Waals surface area (Å²) in [6.45, 7) is 2.21. The first kappa shape index (κ1) is 21.6. The first-order valence-corrected chi connectivity index (χ1v) is 10.7. The molecule has 0 bridgehead atoms. The van der Waals surface area contributed by atoms with Gasteiger partial charge in [-0.2, -0.15) is 13.2 Å². The highest BCUT2D eigenvalue weighted by Gasteiger charge is 2.62. The van der Waals surface area contributed by atoms with Crippen LogP contribution in [0, 0.1) is 5.41 Å². The Morgan fingerprint density at radius 3 is 2.52 bits per heavy atom. The smallest absolute Gasteiger partial charge is 0.357 e. The topological polar surface area (TPSA) is 48.5 Å². The van der Waals surface area contributed by atoms with E-state index in [9.17, 15) is 18.0 Å². The van der Waals surface area contributed by atoms with Crippen LogP contribution in [0.25, 0.3) is 0 Å². The molecule has 2 aromatic rings. The predicted octanol–water partition coefficient (Wildman–Crippen LogP) is 3.75. The number of amides is 1. The van der Waals surface area contributed by atoms with E-state index in [-0.39, 0.29) is 26.1 Å². The van der Waals surface area contributed by atoms with Gasteiger partial charge in [-0.05, 0) is 49.1 Å². The zero-order valence-corrected chi connectivity index (χ0v) is 17.4. The Bertz CT molecular complexity index is 899. The number of hydrogen-bond donors (Lipinski definition) is 1. The molecule has 4 rings (SSSR count). The molecule has 1 aromatic carbocycles. The summed E-state index contributed by atoms with van der Waals surface area (Å²) in [7, 11) is 0. The SMILES string of the molecule is O=C(NCc1ccnc(N2CCCC2)c1)C1(C(F)(F)F)CCN(Cc2ccccc2)C1. The molecule has 31 heavy (non-hydrogen) atoms. The molecule has 0 radical (unpaired) electrons. The summed E-state index contributed by atoms with van der Waals surface area (Å²) < 4.78 is 42.2. The molecule has 1 aromatic heterocycles. The lowest BCUT2D eigenvalue weighted by atomic mass is 9.85. The molecule has 1 N–H and O–H groups in total. The van der Waals surface area contributed by atoms with Gasteiger partial charge in [0.05, 0.1) is 0 Å². The van der Waals surface area contributed by atoms with E-state index >= 15 is 0 Å². The summed E-state index contributed by atoms with van der Waals surface area (Å²) in [6.07, 6.45) is -0.982. The largest absolute Gasteiger partial charge is 0.404 e. The number of pyridine rings is 1. The normalized spacial score (nSPS) is 22.1. The van der Waals surface area contributed by atoms with Crippen LogP contribution in [0.15, 0.2) is 48.7 Å². The maximum absolute atomic E-state index is 14.1. The van der Waals surface area contributed by atoms with Crippen LogP contribution in [0.5, 0.6) is 0 Å². The minimum absolute atomic E-state index is 0.0543. The number of halogens is 3. The van der Waals surface area contributed by atoms with E-state index < -0.39 is 17.5 Å². The number of rotatable bonds is 6. The molecule has 1 unspecified atom stereocenters. The van der Waals surface area contributed by atoms with Crippen molar-refractivity contribution >= 4 is 11.7 Å². The van der Waals surface area contributed by atoms with E-state index in [1.807, 2.05) is 36.4 Å². The van der Waals surface area contributed by atoms with E-state index in [1.165, 1.54) is 0 Å². The highest BCUT2D eigenvalue weighted by molar-refractivity contribution is 5.84. The lowest BCUT2D eigenvalue weighted by Crippen LogP contribution is -2.52. The quantitative estimate of drug-likeness (QED) is 0.755. The number of alkyl halides is 3. The van der Waals surface area contributed by atoms with Gasteiger partial charge < -0.3 is 10.2 Å². The van der Waals surface area contributed by atoms with Crippen molar-refractivity contribution in [1.82, 2.24) is 15.2 Å². The molecule has 2 fully saturated rings. The van der Waals surface area contributed by atoms with E-state index in [0.29, 0.717) is 6.54 Å². The summed E-state index contributed by atoms with van der Waals surface area (Å²) >= 11 is 0. The first-order chi connectivity index (χ1) is 14.9. The minimum atomic E-state index is -4.61. The number of nitrogens with zero attached hydrogens (tertiary/aromatic N) is 3. The van der Waals surface area contributed by atoms with Gasteiger partial charge in [-0.25, -0.2) is 4.98 Å². The van der Waals surface area contributed by atoms with Crippen molar-refractivity contribution in [2.75, 3.05) is 31.1 Å². The maximum atomic E-state index is 14.1. The number of nitrogens with one attached hydrogen (secondary N) is 1. The molecule has 1 amide bonds. The van der Waals surface area contributed by atoms with Crippen LogP contribution < -0.4 is 10.2 Å². The fourth-order valence-corrected chi connectivity index (χ4v) is 4.45. The molecular weight excluding hydrogens is 405 g/mol. The average Bonchev–Trinajstić information content (AvgIpc) is 3.44. The second kappa shape index (κ2) is 8.86. The highest BCUT2D eigenvalue weighted by Crippen LogP contribution is 2.46. The Hall–Kier alpha value is -2.61. The van der Waals surface area contributed by atoms with Gasteiger partial charge in [0.15, 0.2) is 5.41 Å². The first-order valence-electron chi connectivity index (χ1n) is 10.7. The molecule has 166 valence electrons. The summed E-state index contributed by atoms with van der Waals surface area (Å²) in [5, 5.41) is 2.56. The third-order valence-electron chi connectivity index (χ3n) is 6.27. The summed E-state index contributed by atoms with van der Waals surface area (Å²) in [4.78, 5) is 21.1. The van der Waals surface area contributed by atoms with Crippen LogP contribution in [-0.2, 0) is 17.9 Å². The number of likely N-dealkylation sites (tertiary alicyclic amines) is 1.